The number of carbonyl (C=O) groups excluding carboxylic acids is 2. The van der Waals surface area contributed by atoms with Crippen LogP contribution < -0.4 is 15.4 Å². The second kappa shape index (κ2) is 10.1. The number of anilines is 2. The SMILES string of the molecule is COc1ccc(Cl)cc1NC(=O)CN(C)CCC(=O)Nc1cccc2ccccc12. The molecule has 2 amide bonds. The van der Waals surface area contributed by atoms with Crippen LogP contribution in [-0.4, -0.2) is 44.0 Å². The van der Waals surface area contributed by atoms with Crippen LogP contribution in [0.4, 0.5) is 11.4 Å². The van der Waals surface area contributed by atoms with Gasteiger partial charge in [-0.2, -0.15) is 0 Å². The van der Waals surface area contributed by atoms with Gasteiger partial charge in [0.15, 0.2) is 0 Å². The molecular formula is C23H24ClN3O3. The van der Waals surface area contributed by atoms with Crippen LogP contribution in [0, 0.1) is 0 Å². The Balaban J connectivity index is 1.50. The third-order valence-electron chi connectivity index (χ3n) is 4.63. The number of carbonyl (C=O) groups is 2. The molecule has 0 aliphatic heterocycles. The maximum atomic E-state index is 12.4. The molecule has 0 saturated carbocycles. The van der Waals surface area contributed by atoms with Gasteiger partial charge in [-0.15, -0.1) is 0 Å². The van der Waals surface area contributed by atoms with Gasteiger partial charge >= 0.3 is 0 Å². The van der Waals surface area contributed by atoms with E-state index >= 15 is 0 Å². The minimum Gasteiger partial charge on any atom is -0.495 e. The summed E-state index contributed by atoms with van der Waals surface area (Å²) in [6.45, 7) is 0.577. The summed E-state index contributed by atoms with van der Waals surface area (Å²) in [5, 5.41) is 8.32. The van der Waals surface area contributed by atoms with E-state index in [0.29, 0.717) is 23.0 Å². The Morgan fingerprint density at radius 3 is 2.50 bits per heavy atom. The number of fused-ring (bicyclic) bond motifs is 1. The standard InChI is InChI=1S/C23H24ClN3O3/c1-27(15-23(29)26-20-14-17(24)10-11-21(20)30-2)13-12-22(28)25-19-9-5-7-16-6-3-4-8-18(16)19/h3-11,14H,12-13,15H2,1-2H3,(H,25,28)(H,26,29). The summed E-state index contributed by atoms with van der Waals surface area (Å²) in [6.07, 6.45) is 0.271. The number of nitrogens with one attached hydrogen (secondary N) is 2. The molecule has 0 heterocycles. The van der Waals surface area contributed by atoms with E-state index in [2.05, 4.69) is 10.6 Å². The number of amides is 2. The first-order chi connectivity index (χ1) is 14.5. The van der Waals surface area contributed by atoms with Gasteiger partial charge in [0.1, 0.15) is 5.75 Å². The summed E-state index contributed by atoms with van der Waals surface area (Å²) in [4.78, 5) is 26.5. The third kappa shape index (κ3) is 5.72. The molecule has 6 nitrogen and oxygen atoms in total. The fourth-order valence-electron chi connectivity index (χ4n) is 3.13. The second-order valence-electron chi connectivity index (χ2n) is 6.96. The van der Waals surface area contributed by atoms with Crippen LogP contribution in [0.1, 0.15) is 6.42 Å². The summed E-state index contributed by atoms with van der Waals surface area (Å²) in [6, 6.07) is 18.7. The van der Waals surface area contributed by atoms with Crippen LogP contribution in [-0.2, 0) is 9.59 Å². The van der Waals surface area contributed by atoms with E-state index in [4.69, 9.17) is 16.3 Å². The summed E-state index contributed by atoms with van der Waals surface area (Å²) >= 11 is 5.99. The molecule has 0 fully saturated rings. The lowest BCUT2D eigenvalue weighted by molar-refractivity contribution is -0.119. The molecule has 0 aromatic heterocycles. The molecule has 7 heteroatoms. The van der Waals surface area contributed by atoms with Crippen molar-refractivity contribution < 1.29 is 14.3 Å². The van der Waals surface area contributed by atoms with Crippen LogP contribution in [0.3, 0.4) is 0 Å². The minimum absolute atomic E-state index is 0.102. The van der Waals surface area contributed by atoms with Crippen molar-refractivity contribution >= 4 is 45.6 Å². The van der Waals surface area contributed by atoms with Crippen molar-refractivity contribution in [3.8, 4) is 5.75 Å². The lowest BCUT2D eigenvalue weighted by atomic mass is 10.1. The van der Waals surface area contributed by atoms with Crippen LogP contribution in [0.2, 0.25) is 5.02 Å². The molecule has 156 valence electrons. The first-order valence-corrected chi connectivity index (χ1v) is 9.93. The number of rotatable bonds is 8. The highest BCUT2D eigenvalue weighted by atomic mass is 35.5. The van der Waals surface area contributed by atoms with E-state index < -0.39 is 0 Å². The molecule has 0 aliphatic carbocycles. The highest BCUT2D eigenvalue weighted by molar-refractivity contribution is 6.31. The van der Waals surface area contributed by atoms with Crippen molar-refractivity contribution in [2.75, 3.05) is 37.9 Å². The molecule has 0 spiro atoms. The smallest absolute Gasteiger partial charge is 0.238 e. The average molecular weight is 426 g/mol. The average Bonchev–Trinajstić information content (AvgIpc) is 2.73. The molecule has 3 rings (SSSR count). The predicted molar refractivity (Wildman–Crippen MR) is 121 cm³/mol. The van der Waals surface area contributed by atoms with Gasteiger partial charge in [-0.1, -0.05) is 48.0 Å². The van der Waals surface area contributed by atoms with Crippen molar-refractivity contribution in [1.29, 1.82) is 0 Å². The minimum atomic E-state index is -0.215. The molecule has 0 bridgehead atoms. The Bertz CT molecular complexity index is 1050. The summed E-state index contributed by atoms with van der Waals surface area (Å²) < 4.78 is 5.23. The van der Waals surface area contributed by atoms with E-state index in [9.17, 15) is 9.59 Å². The van der Waals surface area contributed by atoms with Crippen LogP contribution in [0.5, 0.6) is 5.75 Å². The number of benzene rings is 3. The Morgan fingerprint density at radius 1 is 0.967 bits per heavy atom. The quantitative estimate of drug-likeness (QED) is 0.561. The maximum absolute atomic E-state index is 12.4. The fourth-order valence-corrected chi connectivity index (χ4v) is 3.30. The van der Waals surface area contributed by atoms with Crippen molar-refractivity contribution in [1.82, 2.24) is 4.90 Å². The van der Waals surface area contributed by atoms with E-state index in [1.165, 1.54) is 7.11 Å². The fraction of sp³-hybridized carbons (Fsp3) is 0.217. The van der Waals surface area contributed by atoms with Gasteiger partial charge in [0, 0.05) is 29.1 Å². The molecule has 2 N–H and O–H groups in total. The summed E-state index contributed by atoms with van der Waals surface area (Å²) in [5.74, 6) is 0.215. The Labute approximate surface area is 180 Å². The lowest BCUT2D eigenvalue weighted by Gasteiger charge is -2.17. The van der Waals surface area contributed by atoms with Crippen LogP contribution in [0.25, 0.3) is 10.8 Å². The van der Waals surface area contributed by atoms with Crippen molar-refractivity contribution in [2.45, 2.75) is 6.42 Å². The van der Waals surface area contributed by atoms with Gasteiger partial charge in [-0.05, 0) is 36.7 Å². The second-order valence-corrected chi connectivity index (χ2v) is 7.39. The largest absolute Gasteiger partial charge is 0.495 e. The number of hydrogen-bond donors (Lipinski definition) is 2. The van der Waals surface area contributed by atoms with Crippen molar-refractivity contribution in [3.05, 3.63) is 65.7 Å². The zero-order valence-electron chi connectivity index (χ0n) is 16.9. The normalized spacial score (nSPS) is 10.8. The molecule has 0 atom stereocenters. The molecule has 0 saturated heterocycles. The monoisotopic (exact) mass is 425 g/mol. The van der Waals surface area contributed by atoms with Crippen LogP contribution in [0.15, 0.2) is 60.7 Å². The van der Waals surface area contributed by atoms with Crippen molar-refractivity contribution in [3.63, 3.8) is 0 Å². The van der Waals surface area contributed by atoms with Gasteiger partial charge < -0.3 is 15.4 Å². The Kier molecular flexibility index (Phi) is 7.27. The van der Waals surface area contributed by atoms with E-state index in [0.717, 1.165) is 16.5 Å². The first-order valence-electron chi connectivity index (χ1n) is 9.56. The number of nitrogens with zero attached hydrogens (tertiary/aromatic N) is 1. The van der Waals surface area contributed by atoms with Crippen molar-refractivity contribution in [2.24, 2.45) is 0 Å². The number of hydrogen-bond acceptors (Lipinski definition) is 4. The molecular weight excluding hydrogens is 402 g/mol. The first kappa shape index (κ1) is 21.6. The van der Waals surface area contributed by atoms with E-state index in [1.807, 2.05) is 42.5 Å². The van der Waals surface area contributed by atoms with Crippen LogP contribution >= 0.6 is 11.6 Å². The van der Waals surface area contributed by atoms with Gasteiger partial charge in [-0.25, -0.2) is 0 Å². The van der Waals surface area contributed by atoms with E-state index in [-0.39, 0.29) is 24.8 Å². The number of ether oxygens (including phenoxy) is 1. The van der Waals surface area contributed by atoms with E-state index in [1.54, 1.807) is 30.1 Å². The highest BCUT2D eigenvalue weighted by Gasteiger charge is 2.12. The zero-order valence-corrected chi connectivity index (χ0v) is 17.7. The molecule has 30 heavy (non-hydrogen) atoms. The molecule has 0 aliphatic rings. The van der Waals surface area contributed by atoms with Gasteiger partial charge in [0.2, 0.25) is 11.8 Å². The van der Waals surface area contributed by atoms with Gasteiger partial charge in [0.05, 0.1) is 19.3 Å². The molecule has 0 unspecified atom stereocenters. The topological polar surface area (TPSA) is 70.7 Å². The van der Waals surface area contributed by atoms with Gasteiger partial charge in [0.25, 0.3) is 0 Å². The third-order valence-corrected chi connectivity index (χ3v) is 4.87. The molecule has 3 aromatic rings. The Hall–Kier alpha value is -3.09. The summed E-state index contributed by atoms with van der Waals surface area (Å²) in [7, 11) is 3.32. The number of halogens is 1. The van der Waals surface area contributed by atoms with Gasteiger partial charge in [-0.3, -0.25) is 14.5 Å². The molecule has 3 aromatic carbocycles. The maximum Gasteiger partial charge on any atom is 0.238 e. The lowest BCUT2D eigenvalue weighted by Crippen LogP contribution is -2.32. The summed E-state index contributed by atoms with van der Waals surface area (Å²) in [5.41, 5.74) is 1.30. The predicted octanol–water partition coefficient (Wildman–Crippen LogP) is 4.40. The zero-order chi connectivity index (χ0) is 21.5. The number of methoxy groups -OCH3 is 1. The molecule has 0 radical (unpaired) electrons. The Morgan fingerprint density at radius 2 is 1.70 bits per heavy atom. The number of likely N-dealkylation sites (N-methyl/N-ethyl adjacent to an activating group) is 1. The highest BCUT2D eigenvalue weighted by Crippen LogP contribution is 2.27.